The van der Waals surface area contributed by atoms with Crippen LogP contribution in [0.1, 0.15) is 20.7 Å². The van der Waals surface area contributed by atoms with Gasteiger partial charge in [0.05, 0.1) is 18.2 Å². The molecule has 0 saturated carbocycles. The molecule has 0 atom stereocenters. The van der Waals surface area contributed by atoms with Gasteiger partial charge in [0.25, 0.3) is 6.47 Å². The number of hydrogen-bond donors (Lipinski definition) is 1. The molecule has 152 valence electrons. The Hall–Kier alpha value is -4.33. The summed E-state index contributed by atoms with van der Waals surface area (Å²) >= 11 is 0. The van der Waals surface area contributed by atoms with E-state index in [0.717, 1.165) is 0 Å². The lowest BCUT2D eigenvalue weighted by molar-refractivity contribution is -0.120. The van der Waals surface area contributed by atoms with Crippen molar-refractivity contribution in [1.82, 2.24) is 0 Å². The molecule has 1 N–H and O–H groups in total. The molecule has 0 radical (unpaired) electrons. The molecule has 0 unspecified atom stereocenters. The Morgan fingerprint density at radius 2 is 1.33 bits per heavy atom. The summed E-state index contributed by atoms with van der Waals surface area (Å²) < 4.78 is 20.4. The summed E-state index contributed by atoms with van der Waals surface area (Å²) in [5.41, 5.74) is 0.469. The average Bonchev–Trinajstić information content (AvgIpc) is 2.76. The summed E-state index contributed by atoms with van der Waals surface area (Å²) in [5.74, 6) is -0.858. The molecule has 0 amide bonds. The predicted molar refractivity (Wildman–Crippen MR) is 104 cm³/mol. The number of ether oxygens (including phenoxy) is 4. The summed E-state index contributed by atoms with van der Waals surface area (Å²) in [5, 5.41) is 9.29. The van der Waals surface area contributed by atoms with Crippen LogP contribution >= 0.6 is 0 Å². The van der Waals surface area contributed by atoms with Crippen LogP contribution in [0.3, 0.4) is 0 Å². The monoisotopic (exact) mass is 408 g/mol. The largest absolute Gasteiger partial charge is 0.508 e. The lowest BCUT2D eigenvalue weighted by atomic mass is 10.2. The van der Waals surface area contributed by atoms with Crippen molar-refractivity contribution in [1.29, 1.82) is 0 Å². The van der Waals surface area contributed by atoms with Gasteiger partial charge in [-0.2, -0.15) is 0 Å². The van der Waals surface area contributed by atoms with E-state index in [2.05, 4.69) is 0 Å². The number of hydrogen-bond acceptors (Lipinski definition) is 8. The van der Waals surface area contributed by atoms with Crippen LogP contribution in [0.15, 0.2) is 66.7 Å². The number of carbonyl (C=O) groups is 3. The molecular formula is C22H16O8. The highest BCUT2D eigenvalue weighted by atomic mass is 16.6. The van der Waals surface area contributed by atoms with Crippen LogP contribution in [-0.4, -0.2) is 30.6 Å². The number of phenolic OH excluding ortho intramolecular Hbond substituents is 1. The van der Waals surface area contributed by atoms with Gasteiger partial charge in [0, 0.05) is 6.07 Å². The van der Waals surface area contributed by atoms with Crippen molar-refractivity contribution >= 4 is 18.4 Å². The lowest BCUT2D eigenvalue weighted by Crippen LogP contribution is -2.10. The fraction of sp³-hybridized carbons (Fsp3) is 0.0455. The van der Waals surface area contributed by atoms with Crippen molar-refractivity contribution in [3.63, 3.8) is 0 Å². The standard InChI is InChI=1S/C22H16O8/c1-27-17-8-4-15(5-9-17)21(25)29-18-10-11-19(20(12-18)28-13-23)30-22(26)14-2-6-16(24)7-3-14/h2-13,24H,1H3. The van der Waals surface area contributed by atoms with E-state index >= 15 is 0 Å². The van der Waals surface area contributed by atoms with Crippen LogP contribution in [-0.2, 0) is 4.79 Å². The zero-order valence-electron chi connectivity index (χ0n) is 15.7. The zero-order chi connectivity index (χ0) is 21.5. The third kappa shape index (κ3) is 4.93. The molecule has 30 heavy (non-hydrogen) atoms. The van der Waals surface area contributed by atoms with Gasteiger partial charge in [-0.3, -0.25) is 4.79 Å². The van der Waals surface area contributed by atoms with Crippen LogP contribution < -0.4 is 18.9 Å². The summed E-state index contributed by atoms with van der Waals surface area (Å²) in [4.78, 5) is 35.3. The van der Waals surface area contributed by atoms with Gasteiger partial charge < -0.3 is 24.1 Å². The molecular weight excluding hydrogens is 392 g/mol. The summed E-state index contributed by atoms with van der Waals surface area (Å²) in [7, 11) is 1.51. The maximum atomic E-state index is 12.3. The first-order valence-corrected chi connectivity index (χ1v) is 8.62. The summed E-state index contributed by atoms with van der Waals surface area (Å²) in [6.45, 7) is 0.155. The SMILES string of the molecule is COc1ccc(C(=O)Oc2ccc(OC(=O)c3ccc(O)cc3)c(OC=O)c2)cc1. The second-order valence-electron chi connectivity index (χ2n) is 5.88. The van der Waals surface area contributed by atoms with Crippen molar-refractivity contribution in [2.24, 2.45) is 0 Å². The lowest BCUT2D eigenvalue weighted by Gasteiger charge is -2.11. The Balaban J connectivity index is 1.76. The number of carbonyl (C=O) groups excluding carboxylic acids is 3. The highest BCUT2D eigenvalue weighted by Crippen LogP contribution is 2.32. The van der Waals surface area contributed by atoms with Gasteiger partial charge in [-0.25, -0.2) is 9.59 Å². The Kier molecular flexibility index (Phi) is 6.29. The first kappa shape index (κ1) is 20.4. The number of benzene rings is 3. The van der Waals surface area contributed by atoms with Crippen LogP contribution in [0.2, 0.25) is 0 Å². The maximum absolute atomic E-state index is 12.3. The Morgan fingerprint density at radius 1 is 0.767 bits per heavy atom. The Morgan fingerprint density at radius 3 is 1.93 bits per heavy atom. The smallest absolute Gasteiger partial charge is 0.343 e. The molecule has 0 bridgehead atoms. The van der Waals surface area contributed by atoms with Gasteiger partial charge in [0.15, 0.2) is 11.5 Å². The van der Waals surface area contributed by atoms with E-state index in [-0.39, 0.29) is 40.6 Å². The predicted octanol–water partition coefficient (Wildman–Crippen LogP) is 3.37. The minimum absolute atomic E-state index is 0.000411. The fourth-order valence-corrected chi connectivity index (χ4v) is 2.43. The third-order valence-corrected chi connectivity index (χ3v) is 3.93. The van der Waals surface area contributed by atoms with Crippen LogP contribution in [0.5, 0.6) is 28.7 Å². The normalized spacial score (nSPS) is 10.0. The zero-order valence-corrected chi connectivity index (χ0v) is 15.7. The van der Waals surface area contributed by atoms with E-state index in [1.54, 1.807) is 12.1 Å². The fourth-order valence-electron chi connectivity index (χ4n) is 2.43. The number of phenols is 1. The topological polar surface area (TPSA) is 108 Å². The van der Waals surface area contributed by atoms with Gasteiger partial charge >= 0.3 is 11.9 Å². The highest BCUT2D eigenvalue weighted by Gasteiger charge is 2.16. The van der Waals surface area contributed by atoms with E-state index in [9.17, 15) is 19.5 Å². The number of esters is 2. The molecule has 3 aromatic rings. The first-order chi connectivity index (χ1) is 14.5. The third-order valence-electron chi connectivity index (χ3n) is 3.93. The summed E-state index contributed by atoms with van der Waals surface area (Å²) in [6.07, 6.45) is 0. The number of rotatable bonds is 7. The molecule has 3 rings (SSSR count). The second-order valence-corrected chi connectivity index (χ2v) is 5.88. The summed E-state index contributed by atoms with van der Waals surface area (Å²) in [6, 6.07) is 15.7. The van der Waals surface area contributed by atoms with E-state index in [1.165, 1.54) is 61.7 Å². The molecule has 0 fully saturated rings. The van der Waals surface area contributed by atoms with Gasteiger partial charge in [-0.05, 0) is 60.7 Å². The van der Waals surface area contributed by atoms with Crippen molar-refractivity contribution in [2.75, 3.05) is 7.11 Å². The van der Waals surface area contributed by atoms with Gasteiger partial charge in [0.1, 0.15) is 17.2 Å². The highest BCUT2D eigenvalue weighted by molar-refractivity contribution is 5.92. The molecule has 0 aromatic heterocycles. The van der Waals surface area contributed by atoms with E-state index in [1.807, 2.05) is 0 Å². The molecule has 8 heteroatoms. The van der Waals surface area contributed by atoms with Crippen molar-refractivity contribution in [3.05, 3.63) is 77.9 Å². The van der Waals surface area contributed by atoms with Crippen LogP contribution in [0.25, 0.3) is 0 Å². The molecule has 0 heterocycles. The minimum atomic E-state index is -0.728. The number of aromatic hydroxyl groups is 1. The molecule has 3 aromatic carbocycles. The van der Waals surface area contributed by atoms with Crippen LogP contribution in [0.4, 0.5) is 0 Å². The van der Waals surface area contributed by atoms with Crippen molar-refractivity contribution in [2.45, 2.75) is 0 Å². The quantitative estimate of drug-likeness (QED) is 0.360. The van der Waals surface area contributed by atoms with Gasteiger partial charge in [-0.15, -0.1) is 0 Å². The molecule has 0 saturated heterocycles. The molecule has 0 aliphatic carbocycles. The van der Waals surface area contributed by atoms with Crippen LogP contribution in [0, 0.1) is 0 Å². The number of methoxy groups -OCH3 is 1. The first-order valence-electron chi connectivity index (χ1n) is 8.62. The van der Waals surface area contributed by atoms with E-state index < -0.39 is 11.9 Å². The maximum Gasteiger partial charge on any atom is 0.343 e. The minimum Gasteiger partial charge on any atom is -0.508 e. The van der Waals surface area contributed by atoms with E-state index in [0.29, 0.717) is 5.75 Å². The van der Waals surface area contributed by atoms with Crippen molar-refractivity contribution in [3.8, 4) is 28.7 Å². The molecule has 8 nitrogen and oxygen atoms in total. The Bertz CT molecular complexity index is 1060. The second kappa shape index (κ2) is 9.24. The average molecular weight is 408 g/mol. The molecule has 0 aliphatic heterocycles. The van der Waals surface area contributed by atoms with Gasteiger partial charge in [0.2, 0.25) is 0 Å². The Labute approximate surface area is 171 Å². The molecule has 0 spiro atoms. The molecule has 0 aliphatic rings. The van der Waals surface area contributed by atoms with E-state index in [4.69, 9.17) is 18.9 Å². The van der Waals surface area contributed by atoms with Gasteiger partial charge in [-0.1, -0.05) is 0 Å². The van der Waals surface area contributed by atoms with Crippen molar-refractivity contribution < 1.29 is 38.4 Å².